The molecule has 1 unspecified atom stereocenters. The van der Waals surface area contributed by atoms with Crippen molar-refractivity contribution in [3.8, 4) is 0 Å². The molecule has 0 aliphatic heterocycles. The molecule has 144 valence electrons. The zero-order valence-corrected chi connectivity index (χ0v) is 16.4. The monoisotopic (exact) mass is 344 g/mol. The van der Waals surface area contributed by atoms with Gasteiger partial charge in [0.25, 0.3) is 0 Å². The summed E-state index contributed by atoms with van der Waals surface area (Å²) in [5.74, 6) is -1.26. The number of hydrogen-bond donors (Lipinski definition) is 1. The van der Waals surface area contributed by atoms with Crippen LogP contribution in [0.5, 0.6) is 0 Å². The molecule has 0 aromatic rings. The van der Waals surface area contributed by atoms with Crippen LogP contribution in [-0.4, -0.2) is 30.1 Å². The van der Waals surface area contributed by atoms with Gasteiger partial charge in [-0.1, -0.05) is 59.3 Å². The number of rotatable bonds is 17. The summed E-state index contributed by atoms with van der Waals surface area (Å²) in [6, 6.07) is 0. The second kappa shape index (κ2) is 14.7. The Balaban J connectivity index is 4.65. The van der Waals surface area contributed by atoms with Gasteiger partial charge < -0.3 is 14.6 Å². The minimum Gasteiger partial charge on any atom is -0.481 e. The van der Waals surface area contributed by atoms with Crippen LogP contribution >= 0.6 is 0 Å². The highest BCUT2D eigenvalue weighted by Gasteiger charge is 2.35. The average molecular weight is 345 g/mol. The molecule has 4 heteroatoms. The van der Waals surface area contributed by atoms with Crippen LogP contribution in [-0.2, 0) is 14.3 Å². The van der Waals surface area contributed by atoms with Gasteiger partial charge in [0.15, 0.2) is 5.79 Å². The van der Waals surface area contributed by atoms with Crippen molar-refractivity contribution in [3.63, 3.8) is 0 Å². The van der Waals surface area contributed by atoms with E-state index in [9.17, 15) is 4.79 Å². The number of unbranched alkanes of at least 4 members (excludes halogenated alkanes) is 5. The number of carboxylic acids is 1. The van der Waals surface area contributed by atoms with E-state index in [2.05, 4.69) is 20.8 Å². The fraction of sp³-hybridized carbons (Fsp3) is 0.950. The van der Waals surface area contributed by atoms with Gasteiger partial charge in [0.2, 0.25) is 0 Å². The first-order chi connectivity index (χ1) is 11.5. The summed E-state index contributed by atoms with van der Waals surface area (Å²) in [5, 5.41) is 9.07. The molecular weight excluding hydrogens is 304 g/mol. The lowest BCUT2D eigenvalue weighted by Gasteiger charge is -2.37. The van der Waals surface area contributed by atoms with Crippen molar-refractivity contribution in [1.82, 2.24) is 0 Å². The SMILES string of the molecule is CCCCCCCCC(CCC(=O)O)C(C)(OCCC)OCCC. The number of hydrogen-bond acceptors (Lipinski definition) is 3. The minimum atomic E-state index is -0.740. The Kier molecular flexibility index (Phi) is 14.3. The van der Waals surface area contributed by atoms with Gasteiger partial charge in [-0.15, -0.1) is 0 Å². The summed E-state index contributed by atoms with van der Waals surface area (Å²) < 4.78 is 12.1. The molecular formula is C20H40O4. The second-order valence-electron chi connectivity index (χ2n) is 6.90. The fourth-order valence-electron chi connectivity index (χ4n) is 3.02. The molecule has 0 spiro atoms. The van der Waals surface area contributed by atoms with Crippen molar-refractivity contribution in [3.05, 3.63) is 0 Å². The molecule has 0 saturated carbocycles. The van der Waals surface area contributed by atoms with E-state index in [1.807, 2.05) is 6.92 Å². The first-order valence-corrected chi connectivity index (χ1v) is 9.99. The van der Waals surface area contributed by atoms with Crippen LogP contribution in [0, 0.1) is 5.92 Å². The summed E-state index contributed by atoms with van der Waals surface area (Å²) in [6.07, 6.45) is 11.1. The molecule has 0 bridgehead atoms. The van der Waals surface area contributed by atoms with Gasteiger partial charge in [-0.3, -0.25) is 4.79 Å². The zero-order chi connectivity index (χ0) is 18.3. The summed E-state index contributed by atoms with van der Waals surface area (Å²) in [7, 11) is 0. The highest BCUT2D eigenvalue weighted by atomic mass is 16.7. The van der Waals surface area contributed by atoms with E-state index in [-0.39, 0.29) is 12.3 Å². The van der Waals surface area contributed by atoms with E-state index in [4.69, 9.17) is 14.6 Å². The Morgan fingerprint density at radius 3 is 1.92 bits per heavy atom. The van der Waals surface area contributed by atoms with Crippen LogP contribution in [0.3, 0.4) is 0 Å². The normalized spacial score (nSPS) is 13.2. The number of aliphatic carboxylic acids is 1. The van der Waals surface area contributed by atoms with Gasteiger partial charge in [0, 0.05) is 25.6 Å². The van der Waals surface area contributed by atoms with E-state index in [0.717, 1.165) is 25.7 Å². The van der Waals surface area contributed by atoms with Gasteiger partial charge in [-0.25, -0.2) is 0 Å². The Morgan fingerprint density at radius 1 is 0.875 bits per heavy atom. The molecule has 4 nitrogen and oxygen atoms in total. The Labute approximate surface area is 149 Å². The molecule has 0 radical (unpaired) electrons. The molecule has 0 heterocycles. The van der Waals surface area contributed by atoms with E-state index >= 15 is 0 Å². The molecule has 1 N–H and O–H groups in total. The summed E-state index contributed by atoms with van der Waals surface area (Å²) >= 11 is 0. The fourth-order valence-corrected chi connectivity index (χ4v) is 3.02. The standard InChI is InChI=1S/C20H40O4/c1-5-8-9-10-11-12-13-18(14-15-19(21)22)20(4,23-16-6-2)24-17-7-3/h18H,5-17H2,1-4H3,(H,21,22). The van der Waals surface area contributed by atoms with Crippen molar-refractivity contribution in [2.45, 2.75) is 104 Å². The number of ether oxygens (including phenoxy) is 2. The first-order valence-electron chi connectivity index (χ1n) is 9.99. The van der Waals surface area contributed by atoms with Gasteiger partial charge >= 0.3 is 5.97 Å². The molecule has 0 aliphatic carbocycles. The van der Waals surface area contributed by atoms with E-state index in [1.54, 1.807) is 0 Å². The lowest BCUT2D eigenvalue weighted by Crippen LogP contribution is -2.41. The Bertz CT molecular complexity index is 296. The van der Waals surface area contributed by atoms with Gasteiger partial charge in [-0.2, -0.15) is 0 Å². The Hall–Kier alpha value is -0.610. The van der Waals surface area contributed by atoms with Crippen LogP contribution < -0.4 is 0 Å². The second-order valence-corrected chi connectivity index (χ2v) is 6.90. The van der Waals surface area contributed by atoms with Crippen LogP contribution in [0.15, 0.2) is 0 Å². The molecule has 0 rings (SSSR count). The van der Waals surface area contributed by atoms with E-state index in [0.29, 0.717) is 19.6 Å². The lowest BCUT2D eigenvalue weighted by molar-refractivity contribution is -0.258. The quantitative estimate of drug-likeness (QED) is 0.268. The van der Waals surface area contributed by atoms with Crippen LogP contribution in [0.4, 0.5) is 0 Å². The van der Waals surface area contributed by atoms with Crippen LogP contribution in [0.2, 0.25) is 0 Å². The summed E-state index contributed by atoms with van der Waals surface area (Å²) in [4.78, 5) is 11.0. The molecule has 0 fully saturated rings. The highest BCUT2D eigenvalue weighted by molar-refractivity contribution is 5.66. The minimum absolute atomic E-state index is 0.137. The van der Waals surface area contributed by atoms with Crippen molar-refractivity contribution in [2.75, 3.05) is 13.2 Å². The lowest BCUT2D eigenvalue weighted by atomic mass is 9.88. The summed E-state index contributed by atoms with van der Waals surface area (Å²) in [6.45, 7) is 9.70. The zero-order valence-electron chi connectivity index (χ0n) is 16.4. The van der Waals surface area contributed by atoms with Crippen molar-refractivity contribution in [2.24, 2.45) is 5.92 Å². The van der Waals surface area contributed by atoms with Gasteiger partial charge in [0.05, 0.1) is 0 Å². The largest absolute Gasteiger partial charge is 0.481 e. The topological polar surface area (TPSA) is 55.8 Å². The van der Waals surface area contributed by atoms with Crippen LogP contribution in [0.25, 0.3) is 0 Å². The van der Waals surface area contributed by atoms with E-state index < -0.39 is 11.8 Å². The highest BCUT2D eigenvalue weighted by Crippen LogP contribution is 2.32. The van der Waals surface area contributed by atoms with Crippen LogP contribution in [0.1, 0.15) is 98.3 Å². The summed E-state index contributed by atoms with van der Waals surface area (Å²) in [5.41, 5.74) is 0. The maximum atomic E-state index is 11.0. The maximum Gasteiger partial charge on any atom is 0.303 e. The molecule has 0 aromatic heterocycles. The van der Waals surface area contributed by atoms with Crippen molar-refractivity contribution >= 4 is 5.97 Å². The average Bonchev–Trinajstić information content (AvgIpc) is 2.56. The molecule has 0 aromatic carbocycles. The maximum absolute atomic E-state index is 11.0. The van der Waals surface area contributed by atoms with Gasteiger partial charge in [-0.05, 0) is 32.6 Å². The van der Waals surface area contributed by atoms with Gasteiger partial charge in [0.1, 0.15) is 0 Å². The van der Waals surface area contributed by atoms with Crippen molar-refractivity contribution in [1.29, 1.82) is 0 Å². The molecule has 24 heavy (non-hydrogen) atoms. The number of carboxylic acid groups (broad SMARTS) is 1. The number of carbonyl (C=O) groups is 1. The van der Waals surface area contributed by atoms with E-state index in [1.165, 1.54) is 32.1 Å². The molecule has 1 atom stereocenters. The smallest absolute Gasteiger partial charge is 0.303 e. The third-order valence-corrected chi connectivity index (χ3v) is 4.54. The van der Waals surface area contributed by atoms with Crippen molar-refractivity contribution < 1.29 is 19.4 Å². The first kappa shape index (κ1) is 23.4. The third kappa shape index (κ3) is 11.0. The Morgan fingerprint density at radius 2 is 1.42 bits per heavy atom. The predicted molar refractivity (Wildman–Crippen MR) is 99.2 cm³/mol. The molecule has 0 aliphatic rings. The molecule has 0 saturated heterocycles. The molecule has 0 amide bonds. The third-order valence-electron chi connectivity index (χ3n) is 4.54. The predicted octanol–water partition coefficient (Wildman–Crippen LogP) is 5.79.